The quantitative estimate of drug-likeness (QED) is 0.0607. The van der Waals surface area contributed by atoms with Crippen LogP contribution in [0.3, 0.4) is 0 Å². The monoisotopic (exact) mass is 926 g/mol. The highest BCUT2D eigenvalue weighted by Crippen LogP contribution is 2.76. The first kappa shape index (κ1) is 50.7. The second-order valence-corrected chi connectivity index (χ2v) is 22.1. The lowest BCUT2D eigenvalue weighted by molar-refractivity contribution is -0.366. The van der Waals surface area contributed by atoms with Gasteiger partial charge in [0.25, 0.3) is 0 Å². The molecule has 0 amide bonds. The predicted molar refractivity (Wildman–Crippen MR) is 227 cm³/mol. The zero-order valence-electron chi connectivity index (χ0n) is 38.8. The van der Waals surface area contributed by atoms with Crippen LogP contribution in [0.15, 0.2) is 23.3 Å². The Balaban J connectivity index is 1.16. The number of carbonyl (C=O) groups excluding carboxylic acids is 1. The van der Waals surface area contributed by atoms with Crippen LogP contribution in [0.4, 0.5) is 0 Å². The number of aliphatic hydroxyl groups is 10. The van der Waals surface area contributed by atoms with Crippen molar-refractivity contribution in [2.24, 2.45) is 50.2 Å². The molecule has 7 aliphatic rings. The fraction of sp³-hybridized carbons (Fsp3) is 0.872. The average molecular weight is 927 g/mol. The van der Waals surface area contributed by atoms with Crippen molar-refractivity contribution < 1.29 is 89.4 Å². The first-order valence-corrected chi connectivity index (χ1v) is 23.3. The number of ether oxygens (including phenoxy) is 5. The van der Waals surface area contributed by atoms with Gasteiger partial charge in [0.2, 0.25) is 0 Å². The molecule has 22 atom stereocenters. The second kappa shape index (κ2) is 17.7. The summed E-state index contributed by atoms with van der Waals surface area (Å²) in [6.07, 6.45) is -14.9. The first-order valence-electron chi connectivity index (χ1n) is 23.3. The van der Waals surface area contributed by atoms with Gasteiger partial charge in [0.15, 0.2) is 18.7 Å². The molecule has 0 unspecified atom stereocenters. The van der Waals surface area contributed by atoms with Gasteiger partial charge in [-0.15, -0.1) is 0 Å². The van der Waals surface area contributed by atoms with Crippen molar-refractivity contribution in [2.75, 3.05) is 19.8 Å². The van der Waals surface area contributed by atoms with Crippen molar-refractivity contribution in [1.82, 2.24) is 0 Å². The van der Waals surface area contributed by atoms with Crippen molar-refractivity contribution >= 4 is 11.9 Å². The third-order valence-electron chi connectivity index (χ3n) is 18.7. The van der Waals surface area contributed by atoms with E-state index in [0.717, 1.165) is 5.57 Å². The number of rotatable bonds is 10. The van der Waals surface area contributed by atoms with Crippen LogP contribution in [0.25, 0.3) is 0 Å². The topological polar surface area (TPSA) is 303 Å². The molecule has 2 saturated heterocycles. The van der Waals surface area contributed by atoms with Gasteiger partial charge in [-0.05, 0) is 92.8 Å². The Hall–Kier alpha value is -2.14. The Morgan fingerprint density at radius 1 is 0.800 bits per heavy atom. The minimum absolute atomic E-state index is 0.0292. The Morgan fingerprint density at radius 3 is 2.06 bits per heavy atom. The zero-order valence-corrected chi connectivity index (χ0v) is 38.8. The Labute approximate surface area is 380 Å². The standard InChI is InChI=1S/C47H74O18/c1-9-21(2)39(60)65-37-36(57)47(20-50)23(16-42(37,3)4)22-10-11-26-43(5)14-13-28(44(6,19-49)25(43)12-15-45(26,7)46(22,8)17-27(47)51)62-41-33(56)34(32(55)35(64-41)38(58)59)63-40-31(54)30(53)29(52)24(18-48)61-40/h9-10,23-37,40-41,48-57H,11-20H2,1-8H3,(H,58,59)/b21-9+/t23-,24-,25+,26+,27-,28-,29-,30+,31-,32+,33-,34+,35+,36-,37-,40+,41-,43-,44-,45+,46+,47-/m0/s1. The summed E-state index contributed by atoms with van der Waals surface area (Å²) in [5, 5.41) is 121. The van der Waals surface area contributed by atoms with Gasteiger partial charge < -0.3 is 79.9 Å². The average Bonchev–Trinajstić information content (AvgIpc) is 3.25. The van der Waals surface area contributed by atoms with E-state index in [4.69, 9.17) is 23.7 Å². The molecule has 0 radical (unpaired) electrons. The summed E-state index contributed by atoms with van der Waals surface area (Å²) in [7, 11) is 0. The lowest BCUT2D eigenvalue weighted by Crippen LogP contribution is -2.72. The number of allylic oxidation sites excluding steroid dienone is 3. The van der Waals surface area contributed by atoms with Crippen LogP contribution < -0.4 is 0 Å². The summed E-state index contributed by atoms with van der Waals surface area (Å²) in [6, 6.07) is 0. The van der Waals surface area contributed by atoms with E-state index in [2.05, 4.69) is 26.8 Å². The van der Waals surface area contributed by atoms with E-state index >= 15 is 0 Å². The summed E-state index contributed by atoms with van der Waals surface area (Å²) in [6.45, 7) is 14.2. The number of esters is 1. The van der Waals surface area contributed by atoms with E-state index in [-0.39, 0.29) is 24.9 Å². The summed E-state index contributed by atoms with van der Waals surface area (Å²) >= 11 is 0. The van der Waals surface area contributed by atoms with E-state index in [1.807, 2.05) is 20.8 Å². The lowest BCUT2D eigenvalue weighted by Gasteiger charge is -2.72. The van der Waals surface area contributed by atoms with E-state index in [1.54, 1.807) is 19.9 Å². The molecule has 65 heavy (non-hydrogen) atoms. The summed E-state index contributed by atoms with van der Waals surface area (Å²) in [4.78, 5) is 25.5. The van der Waals surface area contributed by atoms with Gasteiger partial charge in [0.05, 0.1) is 37.4 Å². The smallest absolute Gasteiger partial charge is 0.335 e. The number of hydrogen-bond donors (Lipinski definition) is 11. The number of aliphatic carboxylic acids is 1. The van der Waals surface area contributed by atoms with E-state index in [9.17, 15) is 65.8 Å². The van der Waals surface area contributed by atoms with Crippen molar-refractivity contribution in [1.29, 1.82) is 0 Å². The molecule has 0 aromatic carbocycles. The van der Waals surface area contributed by atoms with Crippen LogP contribution in [0.2, 0.25) is 0 Å². The normalized spacial score (nSPS) is 51.9. The first-order chi connectivity index (χ1) is 30.3. The zero-order chi connectivity index (χ0) is 48.1. The number of carboxylic acid groups (broad SMARTS) is 1. The minimum atomic E-state index is -2.02. The van der Waals surface area contributed by atoms with E-state index in [1.165, 1.54) is 0 Å². The maximum Gasteiger partial charge on any atom is 0.335 e. The van der Waals surface area contributed by atoms with Crippen LogP contribution in [0.5, 0.6) is 0 Å². The fourth-order valence-corrected chi connectivity index (χ4v) is 14.5. The SMILES string of the molecule is C/C=C(\C)C(=O)O[C@H]1[C@H](O)[C@]2(CO)[C@@H](O)C[C@]3(C)C(=CC[C@@H]4[C@@]5(C)CC[C@H](O[C@H]6O[C@@H](C(=O)O)[C@H](O)[C@@H](O[C@H]7O[C@@H](CO)[C@H](O)[C@@H](O)[C@@H]7O)[C@@H]6O)[C@@](C)(CO)[C@@H]5CC[C@]43C)[C@@H]2CC1(C)C. The highest BCUT2D eigenvalue weighted by atomic mass is 16.7. The Morgan fingerprint density at radius 2 is 1.46 bits per heavy atom. The molecule has 0 spiro atoms. The fourth-order valence-electron chi connectivity index (χ4n) is 14.5. The molecule has 6 fully saturated rings. The molecule has 5 aliphatic carbocycles. The van der Waals surface area contributed by atoms with Gasteiger partial charge in [-0.3, -0.25) is 0 Å². The third kappa shape index (κ3) is 7.50. The van der Waals surface area contributed by atoms with Crippen LogP contribution in [-0.4, -0.2) is 174 Å². The van der Waals surface area contributed by atoms with Gasteiger partial charge in [-0.1, -0.05) is 59.3 Å². The van der Waals surface area contributed by atoms with Crippen LogP contribution in [0, 0.1) is 50.2 Å². The van der Waals surface area contributed by atoms with Gasteiger partial charge >= 0.3 is 11.9 Å². The van der Waals surface area contributed by atoms with Gasteiger partial charge in [-0.25, -0.2) is 9.59 Å². The molecule has 2 heterocycles. The molecule has 0 aromatic rings. The van der Waals surface area contributed by atoms with Crippen LogP contribution in [0.1, 0.15) is 100 Å². The number of hydrogen-bond acceptors (Lipinski definition) is 17. The van der Waals surface area contributed by atoms with Crippen molar-refractivity contribution in [2.45, 2.75) is 186 Å². The molecule has 18 nitrogen and oxygen atoms in total. The van der Waals surface area contributed by atoms with Crippen molar-refractivity contribution in [3.63, 3.8) is 0 Å². The molecular formula is C47H74O18. The van der Waals surface area contributed by atoms with Gasteiger partial charge in [0, 0.05) is 16.4 Å². The molecule has 11 N–H and O–H groups in total. The second-order valence-electron chi connectivity index (χ2n) is 22.1. The molecule has 7 rings (SSSR count). The number of fused-ring (bicyclic) bond motifs is 7. The lowest BCUT2D eigenvalue weighted by atomic mass is 9.33. The minimum Gasteiger partial charge on any atom is -0.479 e. The van der Waals surface area contributed by atoms with E-state index in [0.29, 0.717) is 44.1 Å². The molecule has 4 saturated carbocycles. The molecule has 0 aromatic heterocycles. The van der Waals surface area contributed by atoms with Crippen molar-refractivity contribution in [3.8, 4) is 0 Å². The summed E-state index contributed by atoms with van der Waals surface area (Å²) in [5.41, 5.74) is -3.01. The number of carbonyl (C=O) groups is 2. The van der Waals surface area contributed by atoms with Gasteiger partial charge in [-0.2, -0.15) is 0 Å². The summed E-state index contributed by atoms with van der Waals surface area (Å²) in [5.74, 6) is -2.74. The summed E-state index contributed by atoms with van der Waals surface area (Å²) < 4.78 is 29.3. The maximum absolute atomic E-state index is 13.1. The number of carboxylic acids is 1. The molecule has 2 aliphatic heterocycles. The third-order valence-corrected chi connectivity index (χ3v) is 18.7. The van der Waals surface area contributed by atoms with Gasteiger partial charge in [0.1, 0.15) is 54.9 Å². The molecule has 18 heteroatoms. The molecule has 370 valence electrons. The van der Waals surface area contributed by atoms with Crippen LogP contribution >= 0.6 is 0 Å². The number of aliphatic hydroxyl groups excluding tert-OH is 10. The Kier molecular flexibility index (Phi) is 13.8. The van der Waals surface area contributed by atoms with Crippen LogP contribution in [-0.2, 0) is 33.3 Å². The highest BCUT2D eigenvalue weighted by molar-refractivity contribution is 5.87. The molecule has 0 bridgehead atoms. The predicted octanol–water partition coefficient (Wildman–Crippen LogP) is 0.284. The highest BCUT2D eigenvalue weighted by Gasteiger charge is 2.73. The Bertz CT molecular complexity index is 1860. The van der Waals surface area contributed by atoms with Crippen molar-refractivity contribution in [3.05, 3.63) is 23.3 Å². The largest absolute Gasteiger partial charge is 0.479 e. The maximum atomic E-state index is 13.1. The van der Waals surface area contributed by atoms with E-state index < -0.39 is 149 Å². The molecular weight excluding hydrogens is 852 g/mol.